The first-order valence-corrected chi connectivity index (χ1v) is 8.36. The van der Waals surface area contributed by atoms with E-state index in [9.17, 15) is 19.2 Å². The van der Waals surface area contributed by atoms with Gasteiger partial charge in [0.05, 0.1) is 0 Å². The van der Waals surface area contributed by atoms with Crippen LogP contribution in [0.3, 0.4) is 0 Å². The summed E-state index contributed by atoms with van der Waals surface area (Å²) in [6.45, 7) is 1.66. The van der Waals surface area contributed by atoms with Crippen LogP contribution in [0, 0.1) is 0 Å². The number of rotatable bonds is 5. The first-order chi connectivity index (χ1) is 12.8. The number of fused-ring (bicyclic) bond motifs is 1. The Kier molecular flexibility index (Phi) is 4.89. The quantitative estimate of drug-likeness (QED) is 0.627. The Bertz CT molecular complexity index is 811. The van der Waals surface area contributed by atoms with Gasteiger partial charge in [-0.05, 0) is 24.6 Å². The summed E-state index contributed by atoms with van der Waals surface area (Å²) < 4.78 is 10.6. The molecule has 3 N–H and O–H groups in total. The van der Waals surface area contributed by atoms with Crippen LogP contribution in [0.4, 0.5) is 9.59 Å². The van der Waals surface area contributed by atoms with Gasteiger partial charge in [-0.25, -0.2) is 9.59 Å². The molecule has 0 radical (unpaired) electrons. The van der Waals surface area contributed by atoms with Crippen molar-refractivity contribution >= 4 is 23.9 Å². The lowest BCUT2D eigenvalue weighted by Crippen LogP contribution is -2.46. The van der Waals surface area contributed by atoms with E-state index in [-0.39, 0.29) is 26.2 Å². The Morgan fingerprint density at radius 1 is 1.26 bits per heavy atom. The van der Waals surface area contributed by atoms with E-state index in [0.717, 1.165) is 10.5 Å². The lowest BCUT2D eigenvalue weighted by molar-refractivity contribution is -0.131. The Hall–Kier alpha value is -3.30. The number of urea groups is 2. The summed E-state index contributed by atoms with van der Waals surface area (Å²) in [6.07, 6.45) is 0.0852. The number of nitrogens with zero attached hydrogens (tertiary/aromatic N) is 1. The molecule has 27 heavy (non-hydrogen) atoms. The minimum atomic E-state index is -1.14. The zero-order valence-electron chi connectivity index (χ0n) is 15.0. The third kappa shape index (κ3) is 3.78. The van der Waals surface area contributed by atoms with Crippen LogP contribution in [-0.2, 0) is 16.0 Å². The maximum Gasteiger partial charge on any atom is 0.325 e. The second-order valence-corrected chi connectivity index (χ2v) is 6.46. The summed E-state index contributed by atoms with van der Waals surface area (Å²) >= 11 is 0. The highest BCUT2D eigenvalue weighted by atomic mass is 16.7. The van der Waals surface area contributed by atoms with Crippen molar-refractivity contribution in [3.63, 3.8) is 0 Å². The van der Waals surface area contributed by atoms with Gasteiger partial charge in [0.15, 0.2) is 11.5 Å². The van der Waals surface area contributed by atoms with E-state index in [1.165, 1.54) is 7.05 Å². The maximum absolute atomic E-state index is 12.7. The number of carbonyl (C=O) groups excluding carboxylic acids is 4. The molecule has 2 aliphatic heterocycles. The van der Waals surface area contributed by atoms with Crippen LogP contribution >= 0.6 is 0 Å². The molecule has 0 spiro atoms. The van der Waals surface area contributed by atoms with Gasteiger partial charge in [-0.1, -0.05) is 6.07 Å². The molecule has 3 rings (SSSR count). The van der Waals surface area contributed by atoms with Gasteiger partial charge in [0, 0.05) is 26.4 Å². The molecule has 0 unspecified atom stereocenters. The normalized spacial score (nSPS) is 20.4. The van der Waals surface area contributed by atoms with E-state index in [1.807, 2.05) is 0 Å². The maximum atomic E-state index is 12.7. The van der Waals surface area contributed by atoms with Gasteiger partial charge in [0.1, 0.15) is 5.54 Å². The van der Waals surface area contributed by atoms with E-state index < -0.39 is 29.4 Å². The van der Waals surface area contributed by atoms with Gasteiger partial charge < -0.3 is 20.1 Å². The highest BCUT2D eigenvalue weighted by molar-refractivity contribution is 6.07. The molecule has 1 aromatic carbocycles. The minimum absolute atomic E-state index is 0.121. The van der Waals surface area contributed by atoms with Crippen LogP contribution in [0.1, 0.15) is 18.9 Å². The first-order valence-electron chi connectivity index (χ1n) is 8.36. The summed E-state index contributed by atoms with van der Waals surface area (Å²) in [7, 11) is 1.38. The zero-order valence-corrected chi connectivity index (χ0v) is 15.0. The fraction of sp³-hybridized carbons (Fsp3) is 0.412. The van der Waals surface area contributed by atoms with Crippen LogP contribution in [-0.4, -0.2) is 54.7 Å². The summed E-state index contributed by atoms with van der Waals surface area (Å²) in [5.41, 5.74) is -0.336. The molecule has 10 heteroatoms. The standard InChI is InChI=1S/C17H20N4O6/c1-17(8-10-3-4-11-12(7-10)27-9-26-11)14(23)21(16(25)20-17)6-5-13(22)19-15(24)18-2/h3-4,7H,5-6,8-9H2,1-2H3,(H,20,25)(H2,18,19,22,24)/t17-/m1/s1. The third-order valence-electron chi connectivity index (χ3n) is 4.38. The van der Waals surface area contributed by atoms with Crippen molar-refractivity contribution < 1.29 is 28.7 Å². The number of nitrogens with one attached hydrogen (secondary N) is 3. The van der Waals surface area contributed by atoms with E-state index in [2.05, 4.69) is 16.0 Å². The average molecular weight is 376 g/mol. The van der Waals surface area contributed by atoms with Crippen LogP contribution in [0.15, 0.2) is 18.2 Å². The van der Waals surface area contributed by atoms with Crippen molar-refractivity contribution in [2.75, 3.05) is 20.4 Å². The topological polar surface area (TPSA) is 126 Å². The fourth-order valence-electron chi connectivity index (χ4n) is 2.99. The van der Waals surface area contributed by atoms with E-state index in [1.54, 1.807) is 25.1 Å². The Balaban J connectivity index is 1.64. The smallest absolute Gasteiger partial charge is 0.325 e. The van der Waals surface area contributed by atoms with Gasteiger partial charge in [-0.3, -0.25) is 19.8 Å². The number of benzene rings is 1. The van der Waals surface area contributed by atoms with Crippen LogP contribution in [0.5, 0.6) is 11.5 Å². The van der Waals surface area contributed by atoms with Crippen molar-refractivity contribution in [3.8, 4) is 11.5 Å². The van der Waals surface area contributed by atoms with Crippen LogP contribution < -0.4 is 25.4 Å². The van der Waals surface area contributed by atoms with E-state index >= 15 is 0 Å². The van der Waals surface area contributed by atoms with Crippen molar-refractivity contribution in [2.45, 2.75) is 25.3 Å². The predicted octanol–water partition coefficient (Wildman–Crippen LogP) is 0.114. The van der Waals surface area contributed by atoms with Gasteiger partial charge in [0.25, 0.3) is 5.91 Å². The van der Waals surface area contributed by atoms with E-state index in [0.29, 0.717) is 11.5 Å². The van der Waals surface area contributed by atoms with Gasteiger partial charge in [0.2, 0.25) is 12.7 Å². The number of imide groups is 2. The number of hydrogen-bond donors (Lipinski definition) is 3. The first kappa shape index (κ1) is 18.5. The molecule has 1 saturated heterocycles. The number of amides is 6. The monoisotopic (exact) mass is 376 g/mol. The summed E-state index contributed by atoms with van der Waals surface area (Å²) in [5, 5.41) is 7.01. The van der Waals surface area contributed by atoms with Crippen molar-refractivity contribution in [1.82, 2.24) is 20.9 Å². The number of ether oxygens (including phenoxy) is 2. The highest BCUT2D eigenvalue weighted by Crippen LogP contribution is 2.34. The largest absolute Gasteiger partial charge is 0.454 e. The number of hydrogen-bond acceptors (Lipinski definition) is 6. The van der Waals surface area contributed by atoms with Gasteiger partial charge in [-0.2, -0.15) is 0 Å². The molecule has 0 aliphatic carbocycles. The summed E-state index contributed by atoms with van der Waals surface area (Å²) in [6, 6.07) is 4.11. The second-order valence-electron chi connectivity index (χ2n) is 6.46. The Morgan fingerprint density at radius 2 is 2.00 bits per heavy atom. The zero-order chi connectivity index (χ0) is 19.6. The fourth-order valence-corrected chi connectivity index (χ4v) is 2.99. The van der Waals surface area contributed by atoms with Crippen molar-refractivity contribution in [3.05, 3.63) is 23.8 Å². The minimum Gasteiger partial charge on any atom is -0.454 e. The lowest BCUT2D eigenvalue weighted by Gasteiger charge is -2.22. The van der Waals surface area contributed by atoms with Gasteiger partial charge >= 0.3 is 12.1 Å². The highest BCUT2D eigenvalue weighted by Gasteiger charge is 2.47. The molecule has 2 heterocycles. The van der Waals surface area contributed by atoms with Gasteiger partial charge in [-0.15, -0.1) is 0 Å². The van der Waals surface area contributed by atoms with Crippen LogP contribution in [0.2, 0.25) is 0 Å². The molecule has 0 aromatic heterocycles. The molecule has 1 atom stereocenters. The van der Waals surface area contributed by atoms with E-state index in [4.69, 9.17) is 9.47 Å². The lowest BCUT2D eigenvalue weighted by atomic mass is 9.92. The molecule has 2 aliphatic rings. The average Bonchev–Trinajstić information content (AvgIpc) is 3.16. The van der Waals surface area contributed by atoms with Crippen molar-refractivity contribution in [1.29, 1.82) is 0 Å². The molecule has 144 valence electrons. The molecule has 1 fully saturated rings. The van der Waals surface area contributed by atoms with Crippen molar-refractivity contribution in [2.24, 2.45) is 0 Å². The third-order valence-corrected chi connectivity index (χ3v) is 4.38. The summed E-state index contributed by atoms with van der Waals surface area (Å²) in [5.74, 6) is 0.210. The summed E-state index contributed by atoms with van der Waals surface area (Å²) in [4.78, 5) is 48.7. The Morgan fingerprint density at radius 3 is 2.74 bits per heavy atom. The number of carbonyl (C=O) groups is 4. The molecule has 0 saturated carbocycles. The molecular weight excluding hydrogens is 356 g/mol. The Labute approximate surface area is 155 Å². The molecule has 10 nitrogen and oxygen atoms in total. The molecule has 6 amide bonds. The SMILES string of the molecule is CNC(=O)NC(=O)CCN1C(=O)N[C@](C)(Cc2ccc3c(c2)OCO3)C1=O. The molecule has 0 bridgehead atoms. The molecular formula is C17H20N4O6. The molecule has 1 aromatic rings. The predicted molar refractivity (Wildman–Crippen MR) is 92.1 cm³/mol. The van der Waals surface area contributed by atoms with Crippen LogP contribution in [0.25, 0.3) is 0 Å². The second kappa shape index (κ2) is 7.14.